The fourth-order valence-electron chi connectivity index (χ4n) is 3.05. The molecule has 0 aliphatic carbocycles. The number of carbonyl (C=O) groups excluding carboxylic acids is 2. The zero-order valence-corrected chi connectivity index (χ0v) is 11.2. The van der Waals surface area contributed by atoms with Crippen LogP contribution in [0.5, 0.6) is 0 Å². The lowest BCUT2D eigenvalue weighted by atomic mass is 9.66. The Morgan fingerprint density at radius 2 is 1.95 bits per heavy atom. The van der Waals surface area contributed by atoms with Crippen LogP contribution in [-0.2, 0) is 9.59 Å². The van der Waals surface area contributed by atoms with Gasteiger partial charge in [-0.3, -0.25) is 14.9 Å². The summed E-state index contributed by atoms with van der Waals surface area (Å²) < 4.78 is 13.0. The molecular formula is C15H18FNO2. The molecule has 4 heteroatoms. The third-order valence-electron chi connectivity index (χ3n) is 3.81. The summed E-state index contributed by atoms with van der Waals surface area (Å²) in [5, 5.41) is 2.38. The Bertz CT molecular complexity index is 497. The standard InChI is InChI=1S/C15H18FNO2/c1-3-8-15(2)9-12(18)17-14(19)13(15)10-4-6-11(16)7-5-10/h4-7,13H,3,8-9H2,1-2H3,(H,17,18,19). The molecule has 1 aromatic rings. The van der Waals surface area contributed by atoms with E-state index in [9.17, 15) is 14.0 Å². The van der Waals surface area contributed by atoms with Crippen LogP contribution in [-0.4, -0.2) is 11.8 Å². The third-order valence-corrected chi connectivity index (χ3v) is 3.81. The number of halogens is 1. The maximum absolute atomic E-state index is 13.0. The van der Waals surface area contributed by atoms with Crippen LogP contribution in [0.4, 0.5) is 4.39 Å². The highest BCUT2D eigenvalue weighted by molar-refractivity contribution is 6.02. The molecule has 2 amide bonds. The number of piperidine rings is 1. The second-order valence-corrected chi connectivity index (χ2v) is 5.48. The minimum atomic E-state index is -0.397. The predicted molar refractivity (Wildman–Crippen MR) is 69.9 cm³/mol. The van der Waals surface area contributed by atoms with Crippen molar-refractivity contribution < 1.29 is 14.0 Å². The summed E-state index contributed by atoms with van der Waals surface area (Å²) in [6.45, 7) is 3.99. The van der Waals surface area contributed by atoms with Crippen molar-refractivity contribution in [1.29, 1.82) is 0 Å². The summed E-state index contributed by atoms with van der Waals surface area (Å²) >= 11 is 0. The first kappa shape index (κ1) is 13.7. The Morgan fingerprint density at radius 3 is 2.53 bits per heavy atom. The summed E-state index contributed by atoms with van der Waals surface area (Å²) in [7, 11) is 0. The van der Waals surface area contributed by atoms with Crippen LogP contribution in [0.25, 0.3) is 0 Å². The largest absolute Gasteiger partial charge is 0.296 e. The molecular weight excluding hydrogens is 245 g/mol. The van der Waals surface area contributed by atoms with Gasteiger partial charge in [0.05, 0.1) is 5.92 Å². The Hall–Kier alpha value is -1.71. The van der Waals surface area contributed by atoms with Crippen LogP contribution in [0.15, 0.2) is 24.3 Å². The second kappa shape index (κ2) is 5.11. The number of imide groups is 1. The molecule has 2 rings (SSSR count). The molecule has 1 fully saturated rings. The SMILES string of the molecule is CCCC1(C)CC(=O)NC(=O)C1c1ccc(F)cc1. The molecule has 0 saturated carbocycles. The van der Waals surface area contributed by atoms with Gasteiger partial charge in [0.25, 0.3) is 0 Å². The fourth-order valence-corrected chi connectivity index (χ4v) is 3.05. The number of hydrogen-bond donors (Lipinski definition) is 1. The highest BCUT2D eigenvalue weighted by Gasteiger charge is 2.45. The molecule has 0 bridgehead atoms. The van der Waals surface area contributed by atoms with Crippen molar-refractivity contribution in [1.82, 2.24) is 5.32 Å². The number of nitrogens with one attached hydrogen (secondary N) is 1. The molecule has 0 radical (unpaired) electrons. The average molecular weight is 263 g/mol. The Morgan fingerprint density at radius 1 is 1.32 bits per heavy atom. The summed E-state index contributed by atoms with van der Waals surface area (Å²) in [4.78, 5) is 23.8. The monoisotopic (exact) mass is 263 g/mol. The van der Waals surface area contributed by atoms with E-state index in [1.54, 1.807) is 12.1 Å². The maximum atomic E-state index is 13.0. The number of hydrogen-bond acceptors (Lipinski definition) is 2. The van der Waals surface area contributed by atoms with E-state index in [4.69, 9.17) is 0 Å². The van der Waals surface area contributed by atoms with Crippen molar-refractivity contribution in [2.45, 2.75) is 39.0 Å². The van der Waals surface area contributed by atoms with Crippen molar-refractivity contribution in [2.24, 2.45) is 5.41 Å². The van der Waals surface area contributed by atoms with E-state index >= 15 is 0 Å². The highest BCUT2D eigenvalue weighted by atomic mass is 19.1. The average Bonchev–Trinajstić information content (AvgIpc) is 2.30. The molecule has 2 unspecified atom stereocenters. The zero-order valence-electron chi connectivity index (χ0n) is 11.2. The van der Waals surface area contributed by atoms with Crippen molar-refractivity contribution in [3.05, 3.63) is 35.6 Å². The molecule has 1 N–H and O–H groups in total. The number of carbonyl (C=O) groups is 2. The van der Waals surface area contributed by atoms with Gasteiger partial charge in [0.15, 0.2) is 0 Å². The van der Waals surface area contributed by atoms with Gasteiger partial charge in [0.1, 0.15) is 5.82 Å². The normalized spacial score (nSPS) is 27.2. The van der Waals surface area contributed by atoms with Crippen LogP contribution in [0.2, 0.25) is 0 Å². The van der Waals surface area contributed by atoms with Gasteiger partial charge in [-0.1, -0.05) is 32.4 Å². The first-order valence-electron chi connectivity index (χ1n) is 6.55. The first-order valence-corrected chi connectivity index (χ1v) is 6.55. The van der Waals surface area contributed by atoms with E-state index in [-0.39, 0.29) is 17.6 Å². The van der Waals surface area contributed by atoms with Crippen LogP contribution in [0, 0.1) is 11.2 Å². The Kier molecular flexibility index (Phi) is 3.69. The number of rotatable bonds is 3. The lowest BCUT2D eigenvalue weighted by Gasteiger charge is -2.40. The minimum Gasteiger partial charge on any atom is -0.296 e. The summed E-state index contributed by atoms with van der Waals surface area (Å²) in [6, 6.07) is 5.96. The molecule has 3 nitrogen and oxygen atoms in total. The van der Waals surface area contributed by atoms with Gasteiger partial charge in [0.2, 0.25) is 11.8 Å². The Balaban J connectivity index is 2.40. The maximum Gasteiger partial charge on any atom is 0.234 e. The van der Waals surface area contributed by atoms with Gasteiger partial charge in [-0.2, -0.15) is 0 Å². The van der Waals surface area contributed by atoms with Crippen molar-refractivity contribution in [2.75, 3.05) is 0 Å². The highest BCUT2D eigenvalue weighted by Crippen LogP contribution is 2.44. The molecule has 1 aliphatic rings. The van der Waals surface area contributed by atoms with Crippen molar-refractivity contribution >= 4 is 11.8 Å². The molecule has 0 spiro atoms. The topological polar surface area (TPSA) is 46.2 Å². The van der Waals surface area contributed by atoms with Gasteiger partial charge < -0.3 is 0 Å². The smallest absolute Gasteiger partial charge is 0.234 e. The van der Waals surface area contributed by atoms with Crippen LogP contribution in [0.1, 0.15) is 44.6 Å². The second-order valence-electron chi connectivity index (χ2n) is 5.48. The number of benzene rings is 1. The van der Waals surface area contributed by atoms with E-state index in [1.165, 1.54) is 12.1 Å². The molecule has 2 atom stereocenters. The van der Waals surface area contributed by atoms with Crippen LogP contribution < -0.4 is 5.32 Å². The fraction of sp³-hybridized carbons (Fsp3) is 0.467. The van der Waals surface area contributed by atoms with Crippen molar-refractivity contribution in [3.63, 3.8) is 0 Å². The van der Waals surface area contributed by atoms with Gasteiger partial charge in [-0.05, 0) is 29.5 Å². The lowest BCUT2D eigenvalue weighted by Crippen LogP contribution is -2.49. The quantitative estimate of drug-likeness (QED) is 0.852. The van der Waals surface area contributed by atoms with E-state index < -0.39 is 11.3 Å². The predicted octanol–water partition coefficient (Wildman–Crippen LogP) is 2.76. The summed E-state index contributed by atoms with van der Waals surface area (Å²) in [5.41, 5.74) is 0.369. The van der Waals surface area contributed by atoms with Gasteiger partial charge in [-0.25, -0.2) is 4.39 Å². The van der Waals surface area contributed by atoms with Crippen molar-refractivity contribution in [3.8, 4) is 0 Å². The molecule has 1 heterocycles. The molecule has 1 aromatic carbocycles. The summed E-state index contributed by atoms with van der Waals surface area (Å²) in [6.07, 6.45) is 2.01. The molecule has 0 aromatic heterocycles. The first-order chi connectivity index (χ1) is 8.96. The van der Waals surface area contributed by atoms with Gasteiger partial charge >= 0.3 is 0 Å². The van der Waals surface area contributed by atoms with E-state index in [2.05, 4.69) is 5.32 Å². The van der Waals surface area contributed by atoms with E-state index in [0.717, 1.165) is 18.4 Å². The van der Waals surface area contributed by atoms with Crippen LogP contribution >= 0.6 is 0 Å². The number of amides is 2. The molecule has 1 saturated heterocycles. The van der Waals surface area contributed by atoms with E-state index in [0.29, 0.717) is 6.42 Å². The van der Waals surface area contributed by atoms with Gasteiger partial charge in [0, 0.05) is 6.42 Å². The lowest BCUT2D eigenvalue weighted by molar-refractivity contribution is -0.139. The molecule has 19 heavy (non-hydrogen) atoms. The zero-order chi connectivity index (χ0) is 14.0. The van der Waals surface area contributed by atoms with Crippen LogP contribution in [0.3, 0.4) is 0 Å². The Labute approximate surface area is 112 Å². The molecule has 1 aliphatic heterocycles. The van der Waals surface area contributed by atoms with E-state index in [1.807, 2.05) is 13.8 Å². The molecule has 102 valence electrons. The minimum absolute atomic E-state index is 0.223. The summed E-state index contributed by atoms with van der Waals surface area (Å²) in [5.74, 6) is -1.22. The van der Waals surface area contributed by atoms with Gasteiger partial charge in [-0.15, -0.1) is 0 Å². The third kappa shape index (κ3) is 2.67.